The number of hydrogen-bond acceptors (Lipinski definition) is 6. The molecule has 7 heteroatoms. The van der Waals surface area contributed by atoms with Crippen molar-refractivity contribution >= 4 is 23.3 Å². The number of aromatic nitrogens is 3. The highest BCUT2D eigenvalue weighted by atomic mass is 16.5. The average Bonchev–Trinajstić information content (AvgIpc) is 2.91. The maximum Gasteiger partial charge on any atom is 0.328 e. The van der Waals surface area contributed by atoms with Crippen molar-refractivity contribution in [3.63, 3.8) is 0 Å². The lowest BCUT2D eigenvalue weighted by Crippen LogP contribution is -2.36. The summed E-state index contributed by atoms with van der Waals surface area (Å²) in [6.45, 7) is 3.89. The molecule has 0 saturated heterocycles. The summed E-state index contributed by atoms with van der Waals surface area (Å²) in [7, 11) is 3.16. The minimum atomic E-state index is -0.472. The summed E-state index contributed by atoms with van der Waals surface area (Å²) in [6, 6.07) is -0.472. The Morgan fingerprint density at radius 3 is 2.80 bits per heavy atom. The van der Waals surface area contributed by atoms with Gasteiger partial charge in [0.05, 0.1) is 13.3 Å². The van der Waals surface area contributed by atoms with Crippen molar-refractivity contribution in [1.82, 2.24) is 14.4 Å². The second-order valence-corrected chi connectivity index (χ2v) is 4.77. The Morgan fingerprint density at radius 2 is 2.20 bits per heavy atom. The molecule has 0 aliphatic heterocycles. The van der Waals surface area contributed by atoms with Crippen LogP contribution in [0.1, 0.15) is 13.8 Å². The van der Waals surface area contributed by atoms with Crippen LogP contribution in [0.25, 0.3) is 5.65 Å². The zero-order valence-corrected chi connectivity index (χ0v) is 12.0. The van der Waals surface area contributed by atoms with Gasteiger partial charge < -0.3 is 19.8 Å². The van der Waals surface area contributed by atoms with Gasteiger partial charge >= 0.3 is 5.97 Å². The predicted molar refractivity (Wildman–Crippen MR) is 76.8 cm³/mol. The fourth-order valence-electron chi connectivity index (χ4n) is 1.92. The molecule has 1 unspecified atom stereocenters. The molecule has 0 aliphatic carbocycles. The van der Waals surface area contributed by atoms with Gasteiger partial charge in [-0.2, -0.15) is 0 Å². The average molecular weight is 277 g/mol. The van der Waals surface area contributed by atoms with Gasteiger partial charge in [-0.25, -0.2) is 14.8 Å². The monoisotopic (exact) mass is 277 g/mol. The summed E-state index contributed by atoms with van der Waals surface area (Å²) in [6.07, 6.45) is 5.34. The van der Waals surface area contributed by atoms with Crippen LogP contribution in [0.15, 0.2) is 18.6 Å². The van der Waals surface area contributed by atoms with Gasteiger partial charge in [0.2, 0.25) is 0 Å². The topological polar surface area (TPSA) is 80.5 Å². The third-order valence-electron chi connectivity index (χ3n) is 3.04. The molecule has 2 aromatic heterocycles. The first-order chi connectivity index (χ1) is 9.56. The van der Waals surface area contributed by atoms with E-state index in [1.165, 1.54) is 7.11 Å². The van der Waals surface area contributed by atoms with Gasteiger partial charge in [0.1, 0.15) is 11.9 Å². The Balaban J connectivity index is 2.40. The van der Waals surface area contributed by atoms with E-state index >= 15 is 0 Å². The minimum absolute atomic E-state index is 0.0671. The number of nitrogens with one attached hydrogen (secondary N) is 2. The van der Waals surface area contributed by atoms with E-state index in [2.05, 4.69) is 20.6 Å². The summed E-state index contributed by atoms with van der Waals surface area (Å²) >= 11 is 0. The highest BCUT2D eigenvalue weighted by Gasteiger charge is 2.24. The van der Waals surface area contributed by atoms with Gasteiger partial charge in [-0.05, 0) is 5.92 Å². The van der Waals surface area contributed by atoms with E-state index in [1.807, 2.05) is 30.6 Å². The molecule has 2 N–H and O–H groups in total. The van der Waals surface area contributed by atoms with Crippen molar-refractivity contribution in [3.05, 3.63) is 18.6 Å². The molecule has 2 heterocycles. The predicted octanol–water partition coefficient (Wildman–Crippen LogP) is 1.38. The fourth-order valence-corrected chi connectivity index (χ4v) is 1.92. The Bertz CT molecular complexity index is 608. The minimum Gasteiger partial charge on any atom is -0.467 e. The molecule has 20 heavy (non-hydrogen) atoms. The van der Waals surface area contributed by atoms with Crippen LogP contribution < -0.4 is 10.6 Å². The Labute approximate surface area is 117 Å². The third kappa shape index (κ3) is 2.66. The lowest BCUT2D eigenvalue weighted by atomic mass is 10.0. The molecule has 108 valence electrons. The number of imidazole rings is 1. The van der Waals surface area contributed by atoms with E-state index in [4.69, 9.17) is 4.74 Å². The first-order valence-corrected chi connectivity index (χ1v) is 6.42. The molecule has 2 rings (SSSR count). The molecule has 1 atom stereocenters. The summed E-state index contributed by atoms with van der Waals surface area (Å²) in [5.74, 6) is 0.982. The van der Waals surface area contributed by atoms with E-state index in [-0.39, 0.29) is 11.9 Å². The number of nitrogens with zero attached hydrogens (tertiary/aromatic N) is 3. The van der Waals surface area contributed by atoms with Crippen molar-refractivity contribution in [2.24, 2.45) is 5.92 Å². The number of fused-ring (bicyclic) bond motifs is 1. The van der Waals surface area contributed by atoms with Crippen molar-refractivity contribution in [3.8, 4) is 0 Å². The number of hydrogen-bond donors (Lipinski definition) is 2. The second kappa shape index (κ2) is 5.77. The Morgan fingerprint density at radius 1 is 1.45 bits per heavy atom. The number of esters is 1. The van der Waals surface area contributed by atoms with Crippen LogP contribution in [0, 0.1) is 5.92 Å². The highest BCUT2D eigenvalue weighted by molar-refractivity contribution is 5.81. The van der Waals surface area contributed by atoms with Crippen LogP contribution in [0.5, 0.6) is 0 Å². The second-order valence-electron chi connectivity index (χ2n) is 4.77. The summed E-state index contributed by atoms with van der Waals surface area (Å²) in [4.78, 5) is 20.5. The molecular weight excluding hydrogens is 258 g/mol. The zero-order chi connectivity index (χ0) is 14.7. The number of methoxy groups -OCH3 is 1. The molecule has 0 bridgehead atoms. The molecule has 0 fully saturated rings. The van der Waals surface area contributed by atoms with Crippen LogP contribution in [0.3, 0.4) is 0 Å². The van der Waals surface area contributed by atoms with Crippen LogP contribution in [0.2, 0.25) is 0 Å². The summed E-state index contributed by atoms with van der Waals surface area (Å²) in [5.41, 5.74) is 0.665. The number of carbonyl (C=O) groups is 1. The molecule has 0 spiro atoms. The Kier molecular flexibility index (Phi) is 4.07. The van der Waals surface area contributed by atoms with Crippen LogP contribution in [0.4, 0.5) is 11.6 Å². The van der Waals surface area contributed by atoms with Gasteiger partial charge in [0.25, 0.3) is 0 Å². The number of carbonyl (C=O) groups excluding carboxylic acids is 1. The van der Waals surface area contributed by atoms with Crippen LogP contribution in [-0.4, -0.2) is 40.5 Å². The van der Waals surface area contributed by atoms with Gasteiger partial charge in [0.15, 0.2) is 11.5 Å². The number of rotatable bonds is 5. The summed E-state index contributed by atoms with van der Waals surface area (Å²) < 4.78 is 6.67. The van der Waals surface area contributed by atoms with E-state index in [0.29, 0.717) is 17.3 Å². The van der Waals surface area contributed by atoms with Gasteiger partial charge in [-0.15, -0.1) is 0 Å². The smallest absolute Gasteiger partial charge is 0.328 e. The van der Waals surface area contributed by atoms with E-state index in [9.17, 15) is 4.79 Å². The zero-order valence-electron chi connectivity index (χ0n) is 12.0. The lowest BCUT2D eigenvalue weighted by molar-refractivity contribution is -0.142. The van der Waals surface area contributed by atoms with Gasteiger partial charge in [-0.1, -0.05) is 13.8 Å². The first kappa shape index (κ1) is 14.1. The molecule has 0 radical (unpaired) electrons. The molecule has 0 saturated carbocycles. The van der Waals surface area contributed by atoms with Gasteiger partial charge in [0, 0.05) is 19.4 Å². The van der Waals surface area contributed by atoms with E-state index < -0.39 is 6.04 Å². The standard InChI is InChI=1S/C13H19N5O2/c1-8(2)10(13(19)20-4)17-11-12-15-5-6-18(12)7-9(14-3)16-11/h5-8,10,14H,1-4H3,(H,16,17). The SMILES string of the molecule is CNc1cn2ccnc2c(NC(C(=O)OC)C(C)C)n1. The molecule has 7 nitrogen and oxygen atoms in total. The van der Waals surface area contributed by atoms with Gasteiger partial charge in [-0.3, -0.25) is 0 Å². The normalized spacial score (nSPS) is 12.4. The first-order valence-electron chi connectivity index (χ1n) is 6.42. The maximum atomic E-state index is 11.8. The van der Waals surface area contributed by atoms with Crippen molar-refractivity contribution in [2.45, 2.75) is 19.9 Å². The van der Waals surface area contributed by atoms with E-state index in [1.54, 1.807) is 13.2 Å². The van der Waals surface area contributed by atoms with Crippen molar-refractivity contribution < 1.29 is 9.53 Å². The Hall–Kier alpha value is -2.31. The van der Waals surface area contributed by atoms with Crippen LogP contribution in [-0.2, 0) is 9.53 Å². The molecular formula is C13H19N5O2. The largest absolute Gasteiger partial charge is 0.467 e. The van der Waals surface area contributed by atoms with Crippen molar-refractivity contribution in [1.29, 1.82) is 0 Å². The number of anilines is 2. The molecule has 2 aromatic rings. The molecule has 0 amide bonds. The number of ether oxygens (including phenoxy) is 1. The lowest BCUT2D eigenvalue weighted by Gasteiger charge is -2.20. The van der Waals surface area contributed by atoms with E-state index in [0.717, 1.165) is 0 Å². The third-order valence-corrected chi connectivity index (χ3v) is 3.04. The fraction of sp³-hybridized carbons (Fsp3) is 0.462. The molecule has 0 aromatic carbocycles. The summed E-state index contributed by atoms with van der Waals surface area (Å²) in [5, 5.41) is 6.10. The quantitative estimate of drug-likeness (QED) is 0.804. The molecule has 0 aliphatic rings. The van der Waals surface area contributed by atoms with Crippen LogP contribution >= 0.6 is 0 Å². The highest BCUT2D eigenvalue weighted by Crippen LogP contribution is 2.19. The van der Waals surface area contributed by atoms with Crippen molar-refractivity contribution in [2.75, 3.05) is 24.8 Å². The maximum absolute atomic E-state index is 11.8.